The fourth-order valence-corrected chi connectivity index (χ4v) is 1.71. The number of rotatable bonds is 3. The second kappa shape index (κ2) is 4.95. The van der Waals surface area contributed by atoms with Gasteiger partial charge in [0.25, 0.3) is 5.69 Å². The Bertz CT molecular complexity index is 385. The highest BCUT2D eigenvalue weighted by molar-refractivity contribution is 9.09. The molecular formula is C12H16BrNO2. The predicted octanol–water partition coefficient (Wildman–Crippen LogP) is 3.95. The zero-order valence-corrected chi connectivity index (χ0v) is 11.3. The number of hydrogen-bond acceptors (Lipinski definition) is 2. The van der Waals surface area contributed by atoms with Crippen LogP contribution in [0, 0.1) is 15.5 Å². The zero-order chi connectivity index (χ0) is 12.3. The number of nitrogens with zero attached hydrogens (tertiary/aromatic N) is 1. The van der Waals surface area contributed by atoms with Crippen LogP contribution >= 0.6 is 15.9 Å². The average molecular weight is 286 g/mol. The van der Waals surface area contributed by atoms with Gasteiger partial charge in [-0.25, -0.2) is 0 Å². The monoisotopic (exact) mass is 285 g/mol. The third-order valence-electron chi connectivity index (χ3n) is 2.53. The molecule has 88 valence electrons. The lowest BCUT2D eigenvalue weighted by Crippen LogP contribution is -2.22. The largest absolute Gasteiger partial charge is 0.272 e. The molecule has 0 aromatic heterocycles. The molecule has 0 saturated carbocycles. The molecule has 1 aromatic rings. The van der Waals surface area contributed by atoms with E-state index in [1.165, 1.54) is 0 Å². The van der Waals surface area contributed by atoms with Gasteiger partial charge < -0.3 is 0 Å². The Morgan fingerprint density at radius 1 is 1.38 bits per heavy atom. The molecule has 0 radical (unpaired) electrons. The van der Waals surface area contributed by atoms with E-state index in [1.807, 2.05) is 12.1 Å². The lowest BCUT2D eigenvalue weighted by atomic mass is 9.88. The van der Waals surface area contributed by atoms with Gasteiger partial charge in [-0.3, -0.25) is 10.1 Å². The quantitative estimate of drug-likeness (QED) is 0.479. The number of nitro benzene ring substituents is 1. The van der Waals surface area contributed by atoms with Crippen LogP contribution in [0.25, 0.3) is 0 Å². The van der Waals surface area contributed by atoms with E-state index >= 15 is 0 Å². The minimum absolute atomic E-state index is 0.0870. The molecule has 0 bridgehead atoms. The van der Waals surface area contributed by atoms with E-state index in [-0.39, 0.29) is 20.9 Å². The van der Waals surface area contributed by atoms with Crippen molar-refractivity contribution in [1.29, 1.82) is 0 Å². The Hall–Kier alpha value is -0.900. The maximum absolute atomic E-state index is 10.8. The summed E-state index contributed by atoms with van der Waals surface area (Å²) >= 11 is 3.60. The maximum atomic E-state index is 10.8. The SMILES string of the molecule is CC(C)(C)C(Br)Cc1ccccc1[N+](=O)[O-]. The smallest absolute Gasteiger partial charge is 0.258 e. The van der Waals surface area contributed by atoms with Gasteiger partial charge in [-0.2, -0.15) is 0 Å². The molecule has 0 aliphatic heterocycles. The summed E-state index contributed by atoms with van der Waals surface area (Å²) in [5, 5.41) is 10.8. The van der Waals surface area contributed by atoms with Gasteiger partial charge in [-0.15, -0.1) is 0 Å². The predicted molar refractivity (Wildman–Crippen MR) is 69.0 cm³/mol. The van der Waals surface area contributed by atoms with Crippen LogP contribution in [0.15, 0.2) is 24.3 Å². The molecule has 0 amide bonds. The molecule has 1 unspecified atom stereocenters. The molecule has 4 heteroatoms. The topological polar surface area (TPSA) is 43.1 Å². The number of benzene rings is 1. The summed E-state index contributed by atoms with van der Waals surface area (Å²) < 4.78 is 0. The van der Waals surface area contributed by atoms with Crippen molar-refractivity contribution in [2.75, 3.05) is 0 Å². The van der Waals surface area contributed by atoms with Crippen LogP contribution in [0.1, 0.15) is 26.3 Å². The van der Waals surface area contributed by atoms with Crippen LogP contribution in [0.4, 0.5) is 5.69 Å². The molecular weight excluding hydrogens is 270 g/mol. The van der Waals surface area contributed by atoms with Gasteiger partial charge in [-0.05, 0) is 11.8 Å². The fourth-order valence-electron chi connectivity index (χ4n) is 1.36. The number of hydrogen-bond donors (Lipinski definition) is 0. The van der Waals surface area contributed by atoms with Gasteiger partial charge in [0, 0.05) is 16.5 Å². The number of para-hydroxylation sites is 1. The first-order valence-corrected chi connectivity index (χ1v) is 6.10. The maximum Gasteiger partial charge on any atom is 0.272 e. The van der Waals surface area contributed by atoms with Crippen molar-refractivity contribution in [3.05, 3.63) is 39.9 Å². The van der Waals surface area contributed by atoms with Crippen molar-refractivity contribution in [2.24, 2.45) is 5.41 Å². The minimum Gasteiger partial charge on any atom is -0.258 e. The summed E-state index contributed by atoms with van der Waals surface area (Å²) in [5.41, 5.74) is 1.07. The van der Waals surface area contributed by atoms with Crippen molar-refractivity contribution in [1.82, 2.24) is 0 Å². The van der Waals surface area contributed by atoms with Gasteiger partial charge >= 0.3 is 0 Å². The molecule has 1 rings (SSSR count). The molecule has 1 atom stereocenters. The number of alkyl halides is 1. The molecule has 0 saturated heterocycles. The molecule has 0 aliphatic carbocycles. The second-order valence-electron chi connectivity index (χ2n) is 4.92. The molecule has 16 heavy (non-hydrogen) atoms. The van der Waals surface area contributed by atoms with Crippen LogP contribution in [0.5, 0.6) is 0 Å². The van der Waals surface area contributed by atoms with Crippen molar-refractivity contribution >= 4 is 21.6 Å². The molecule has 0 fully saturated rings. The van der Waals surface area contributed by atoms with E-state index in [2.05, 4.69) is 36.7 Å². The number of nitro groups is 1. The van der Waals surface area contributed by atoms with Gasteiger partial charge in [0.1, 0.15) is 0 Å². The Balaban J connectivity index is 2.93. The Morgan fingerprint density at radius 2 is 1.94 bits per heavy atom. The highest BCUT2D eigenvalue weighted by Crippen LogP contribution is 2.31. The molecule has 0 aliphatic rings. The van der Waals surface area contributed by atoms with Gasteiger partial charge in [-0.1, -0.05) is 54.9 Å². The Kier molecular flexibility index (Phi) is 4.08. The van der Waals surface area contributed by atoms with E-state index in [4.69, 9.17) is 0 Å². The van der Waals surface area contributed by atoms with Crippen LogP contribution in [-0.4, -0.2) is 9.75 Å². The summed E-state index contributed by atoms with van der Waals surface area (Å²) in [6.45, 7) is 6.34. The third kappa shape index (κ3) is 3.30. The Labute approximate surface area is 104 Å². The highest BCUT2D eigenvalue weighted by Gasteiger charge is 2.24. The molecule has 1 aromatic carbocycles. The lowest BCUT2D eigenvalue weighted by molar-refractivity contribution is -0.385. The van der Waals surface area contributed by atoms with Crippen molar-refractivity contribution in [3.63, 3.8) is 0 Å². The normalized spacial score (nSPS) is 13.5. The van der Waals surface area contributed by atoms with Crippen LogP contribution < -0.4 is 0 Å². The van der Waals surface area contributed by atoms with Crippen LogP contribution in [0.2, 0.25) is 0 Å². The lowest BCUT2D eigenvalue weighted by Gasteiger charge is -2.25. The number of halogens is 1. The van der Waals surface area contributed by atoms with E-state index in [9.17, 15) is 10.1 Å². The Morgan fingerprint density at radius 3 is 2.44 bits per heavy atom. The summed E-state index contributed by atoms with van der Waals surface area (Å²) in [7, 11) is 0. The third-order valence-corrected chi connectivity index (χ3v) is 4.22. The second-order valence-corrected chi connectivity index (χ2v) is 6.03. The first-order valence-electron chi connectivity index (χ1n) is 5.18. The van der Waals surface area contributed by atoms with E-state index in [0.29, 0.717) is 6.42 Å². The van der Waals surface area contributed by atoms with E-state index in [0.717, 1.165) is 5.56 Å². The molecule has 0 N–H and O–H groups in total. The first-order chi connectivity index (χ1) is 7.32. The fraction of sp³-hybridized carbons (Fsp3) is 0.500. The average Bonchev–Trinajstić information content (AvgIpc) is 2.16. The van der Waals surface area contributed by atoms with Gasteiger partial charge in [0.2, 0.25) is 0 Å². The van der Waals surface area contributed by atoms with Crippen molar-refractivity contribution in [2.45, 2.75) is 32.0 Å². The van der Waals surface area contributed by atoms with E-state index < -0.39 is 0 Å². The van der Waals surface area contributed by atoms with Crippen LogP contribution in [0.3, 0.4) is 0 Å². The first kappa shape index (κ1) is 13.2. The summed E-state index contributed by atoms with van der Waals surface area (Å²) in [6.07, 6.45) is 0.667. The zero-order valence-electron chi connectivity index (χ0n) is 9.74. The molecule has 3 nitrogen and oxygen atoms in total. The van der Waals surface area contributed by atoms with Crippen molar-refractivity contribution in [3.8, 4) is 0 Å². The minimum atomic E-state index is -0.322. The van der Waals surface area contributed by atoms with Crippen molar-refractivity contribution < 1.29 is 4.92 Å². The summed E-state index contributed by atoms with van der Waals surface area (Å²) in [4.78, 5) is 10.7. The summed E-state index contributed by atoms with van der Waals surface area (Å²) in [6, 6.07) is 6.91. The van der Waals surface area contributed by atoms with Gasteiger partial charge in [0.15, 0.2) is 0 Å². The molecule has 0 heterocycles. The van der Waals surface area contributed by atoms with Gasteiger partial charge in [0.05, 0.1) is 4.92 Å². The van der Waals surface area contributed by atoms with Crippen LogP contribution in [-0.2, 0) is 6.42 Å². The highest BCUT2D eigenvalue weighted by atomic mass is 79.9. The molecule has 0 spiro atoms. The standard InChI is InChI=1S/C12H16BrNO2/c1-12(2,3)11(13)8-9-6-4-5-7-10(9)14(15)16/h4-7,11H,8H2,1-3H3. The van der Waals surface area contributed by atoms with E-state index in [1.54, 1.807) is 12.1 Å². The summed E-state index contributed by atoms with van der Waals surface area (Å²) in [5.74, 6) is 0.